The van der Waals surface area contributed by atoms with E-state index in [-0.39, 0.29) is 11.3 Å². The highest BCUT2D eigenvalue weighted by Crippen LogP contribution is 2.40. The van der Waals surface area contributed by atoms with Crippen LogP contribution >= 0.6 is 0 Å². The van der Waals surface area contributed by atoms with Crippen molar-refractivity contribution in [3.8, 4) is 11.4 Å². The Morgan fingerprint density at radius 2 is 1.84 bits per heavy atom. The van der Waals surface area contributed by atoms with E-state index in [0.717, 1.165) is 18.8 Å². The number of carbonyl (C=O) groups excluding carboxylic acids is 2. The molecule has 0 aliphatic carbocycles. The summed E-state index contributed by atoms with van der Waals surface area (Å²) in [4.78, 5) is 30.6. The van der Waals surface area contributed by atoms with Crippen molar-refractivity contribution in [1.29, 1.82) is 0 Å². The topological polar surface area (TPSA) is 97.1 Å². The Balaban J connectivity index is 1.57. The highest BCUT2D eigenvalue weighted by atomic mass is 16.5. The number of amides is 1. The summed E-state index contributed by atoms with van der Waals surface area (Å²) < 4.78 is 12.8. The van der Waals surface area contributed by atoms with Gasteiger partial charge in [0.15, 0.2) is 0 Å². The van der Waals surface area contributed by atoms with Gasteiger partial charge in [0.1, 0.15) is 11.5 Å². The second-order valence-electron chi connectivity index (χ2n) is 9.34. The number of aliphatic hydroxyl groups excluding tert-OH is 1. The lowest BCUT2D eigenvalue weighted by Gasteiger charge is -2.31. The number of benzene rings is 2. The van der Waals surface area contributed by atoms with E-state index in [2.05, 4.69) is 10.00 Å². The Kier molecular flexibility index (Phi) is 7.57. The van der Waals surface area contributed by atoms with Gasteiger partial charge in [-0.05, 0) is 43.7 Å². The standard InChI is InChI=1S/C29H32N4O5/c1-3-38-23-11-7-8-21(18-23)26-25(28(35)29(36)32(26)13-12-31-14-16-37-17-15-31)27(34)24-19-30-33(20(24)2)22-9-5-4-6-10-22/h4-11,18-19,26,34H,3,12-17H2,1-2H3. The van der Waals surface area contributed by atoms with E-state index in [4.69, 9.17) is 9.47 Å². The van der Waals surface area contributed by atoms with Gasteiger partial charge in [0.25, 0.3) is 11.7 Å². The third-order valence-electron chi connectivity index (χ3n) is 7.05. The van der Waals surface area contributed by atoms with Crippen molar-refractivity contribution < 1.29 is 24.2 Å². The lowest BCUT2D eigenvalue weighted by Crippen LogP contribution is -2.42. The van der Waals surface area contributed by atoms with E-state index in [1.54, 1.807) is 9.58 Å². The molecule has 2 fully saturated rings. The highest BCUT2D eigenvalue weighted by molar-refractivity contribution is 6.46. The molecule has 3 heterocycles. The summed E-state index contributed by atoms with van der Waals surface area (Å²) in [6, 6.07) is 16.1. The number of aromatic nitrogens is 2. The summed E-state index contributed by atoms with van der Waals surface area (Å²) in [5, 5.41) is 16.0. The molecule has 2 saturated heterocycles. The van der Waals surface area contributed by atoms with E-state index in [1.807, 2.05) is 68.4 Å². The van der Waals surface area contributed by atoms with Gasteiger partial charge < -0.3 is 19.5 Å². The molecule has 1 atom stereocenters. The first-order valence-electron chi connectivity index (χ1n) is 12.9. The van der Waals surface area contributed by atoms with E-state index in [1.165, 1.54) is 6.20 Å². The van der Waals surface area contributed by atoms with Gasteiger partial charge in [0.2, 0.25) is 0 Å². The number of rotatable bonds is 8. The smallest absolute Gasteiger partial charge is 0.295 e. The SMILES string of the molecule is CCOc1cccc(C2C(=C(O)c3cnn(-c4ccccc4)c3C)C(=O)C(=O)N2CCN2CCOCC2)c1. The predicted octanol–water partition coefficient (Wildman–Crippen LogP) is 3.33. The van der Waals surface area contributed by atoms with Crippen molar-refractivity contribution in [3.63, 3.8) is 0 Å². The molecule has 2 aliphatic rings. The molecule has 1 unspecified atom stereocenters. The predicted molar refractivity (Wildman–Crippen MR) is 142 cm³/mol. The number of ether oxygens (including phenoxy) is 2. The summed E-state index contributed by atoms with van der Waals surface area (Å²) in [5.41, 5.74) is 2.66. The lowest BCUT2D eigenvalue weighted by atomic mass is 9.95. The Morgan fingerprint density at radius 3 is 2.58 bits per heavy atom. The molecule has 9 nitrogen and oxygen atoms in total. The zero-order valence-corrected chi connectivity index (χ0v) is 21.7. The molecule has 2 aliphatic heterocycles. The Bertz CT molecular complexity index is 1340. The van der Waals surface area contributed by atoms with Gasteiger partial charge in [0, 0.05) is 26.2 Å². The molecule has 0 spiro atoms. The Hall–Kier alpha value is -3.95. The van der Waals surface area contributed by atoms with Gasteiger partial charge in [-0.2, -0.15) is 5.10 Å². The Labute approximate surface area is 221 Å². The number of nitrogens with zero attached hydrogens (tertiary/aromatic N) is 4. The number of aliphatic hydroxyl groups is 1. The van der Waals surface area contributed by atoms with Crippen molar-refractivity contribution >= 4 is 17.4 Å². The molecule has 2 aromatic carbocycles. The van der Waals surface area contributed by atoms with Crippen LogP contribution in [0.15, 0.2) is 66.4 Å². The molecule has 3 aromatic rings. The fourth-order valence-corrected chi connectivity index (χ4v) is 5.09. The maximum atomic E-state index is 13.5. The fourth-order valence-electron chi connectivity index (χ4n) is 5.09. The molecular weight excluding hydrogens is 484 g/mol. The number of ketones is 1. The molecule has 0 bridgehead atoms. The van der Waals surface area contributed by atoms with Crippen molar-refractivity contribution in [2.45, 2.75) is 19.9 Å². The normalized spacial score (nSPS) is 19.7. The van der Waals surface area contributed by atoms with Crippen LogP contribution in [0.1, 0.15) is 29.8 Å². The number of likely N-dealkylation sites (tertiary alicyclic amines) is 1. The molecule has 0 radical (unpaired) electrons. The second-order valence-corrected chi connectivity index (χ2v) is 9.34. The molecule has 198 valence electrons. The van der Waals surface area contributed by atoms with Crippen molar-refractivity contribution in [2.75, 3.05) is 46.0 Å². The molecule has 38 heavy (non-hydrogen) atoms. The van der Waals surface area contributed by atoms with E-state index in [0.29, 0.717) is 55.5 Å². The van der Waals surface area contributed by atoms with Gasteiger partial charge in [-0.1, -0.05) is 30.3 Å². The minimum absolute atomic E-state index is 0.0568. The third kappa shape index (κ3) is 4.94. The summed E-state index contributed by atoms with van der Waals surface area (Å²) >= 11 is 0. The largest absolute Gasteiger partial charge is 0.507 e. The summed E-state index contributed by atoms with van der Waals surface area (Å²) in [6.07, 6.45) is 1.53. The van der Waals surface area contributed by atoms with Crippen LogP contribution < -0.4 is 4.74 Å². The van der Waals surface area contributed by atoms with Crippen LogP contribution in [0.4, 0.5) is 0 Å². The number of morpholine rings is 1. The van der Waals surface area contributed by atoms with Gasteiger partial charge >= 0.3 is 0 Å². The zero-order chi connectivity index (χ0) is 26.6. The van der Waals surface area contributed by atoms with Crippen molar-refractivity contribution in [1.82, 2.24) is 19.6 Å². The van der Waals surface area contributed by atoms with Crippen LogP contribution in [0.2, 0.25) is 0 Å². The summed E-state index contributed by atoms with van der Waals surface area (Å²) in [6.45, 7) is 7.97. The number of hydrogen-bond donors (Lipinski definition) is 1. The first kappa shape index (κ1) is 25.7. The molecule has 0 saturated carbocycles. The van der Waals surface area contributed by atoms with Gasteiger partial charge in [-0.3, -0.25) is 14.5 Å². The second kappa shape index (κ2) is 11.2. The van der Waals surface area contributed by atoms with Crippen molar-refractivity contribution in [3.05, 3.63) is 83.2 Å². The minimum Gasteiger partial charge on any atom is -0.507 e. The van der Waals surface area contributed by atoms with Gasteiger partial charge in [-0.15, -0.1) is 0 Å². The average Bonchev–Trinajstić information content (AvgIpc) is 3.45. The fraction of sp³-hybridized carbons (Fsp3) is 0.345. The van der Waals surface area contributed by atoms with Crippen LogP contribution in [0.3, 0.4) is 0 Å². The van der Waals surface area contributed by atoms with Crippen LogP contribution in [-0.2, 0) is 14.3 Å². The number of carbonyl (C=O) groups is 2. The van der Waals surface area contributed by atoms with Crippen LogP contribution in [-0.4, -0.2) is 82.4 Å². The monoisotopic (exact) mass is 516 g/mol. The molecule has 1 aromatic heterocycles. The quantitative estimate of drug-likeness (QED) is 0.279. The number of hydrogen-bond acceptors (Lipinski definition) is 7. The molecular formula is C29H32N4O5. The minimum atomic E-state index is -0.754. The van der Waals surface area contributed by atoms with Crippen LogP contribution in [0, 0.1) is 6.92 Å². The van der Waals surface area contributed by atoms with Crippen LogP contribution in [0.25, 0.3) is 11.4 Å². The van der Waals surface area contributed by atoms with Gasteiger partial charge in [-0.25, -0.2) is 4.68 Å². The number of Topliss-reactive ketones (excluding diaryl/α,β-unsaturated/α-hetero) is 1. The van der Waals surface area contributed by atoms with E-state index < -0.39 is 17.7 Å². The van der Waals surface area contributed by atoms with Crippen LogP contribution in [0.5, 0.6) is 5.75 Å². The zero-order valence-electron chi connectivity index (χ0n) is 21.7. The molecule has 1 N–H and O–H groups in total. The highest BCUT2D eigenvalue weighted by Gasteiger charge is 2.46. The van der Waals surface area contributed by atoms with E-state index >= 15 is 0 Å². The maximum absolute atomic E-state index is 13.5. The molecule has 5 rings (SSSR count). The first-order chi connectivity index (χ1) is 18.5. The van der Waals surface area contributed by atoms with Gasteiger partial charge in [0.05, 0.1) is 54.6 Å². The average molecular weight is 517 g/mol. The summed E-state index contributed by atoms with van der Waals surface area (Å²) in [7, 11) is 0. The van der Waals surface area contributed by atoms with E-state index in [9.17, 15) is 14.7 Å². The van der Waals surface area contributed by atoms with Crippen molar-refractivity contribution in [2.24, 2.45) is 0 Å². The maximum Gasteiger partial charge on any atom is 0.295 e. The third-order valence-corrected chi connectivity index (χ3v) is 7.05. The first-order valence-corrected chi connectivity index (χ1v) is 12.9. The molecule has 1 amide bonds. The number of para-hydroxylation sites is 1. The molecule has 9 heteroatoms. The summed E-state index contributed by atoms with van der Waals surface area (Å²) in [5.74, 6) is -0.927. The Morgan fingerprint density at radius 1 is 1.08 bits per heavy atom. The lowest BCUT2D eigenvalue weighted by molar-refractivity contribution is -0.140.